The van der Waals surface area contributed by atoms with Crippen molar-refractivity contribution in [3.05, 3.63) is 0 Å². The zero-order valence-electron chi connectivity index (χ0n) is 15.3. The Morgan fingerprint density at radius 3 is 2.52 bits per heavy atom. The molecule has 0 spiro atoms. The van der Waals surface area contributed by atoms with E-state index in [2.05, 4.69) is 36.3 Å². The number of guanidine groups is 1. The average Bonchev–Trinajstić information content (AvgIpc) is 2.55. The summed E-state index contributed by atoms with van der Waals surface area (Å²) in [6.45, 7) is 12.4. The van der Waals surface area contributed by atoms with Crippen LogP contribution in [0.15, 0.2) is 4.99 Å². The first-order chi connectivity index (χ1) is 10.7. The summed E-state index contributed by atoms with van der Waals surface area (Å²) in [6.07, 6.45) is 7.95. The van der Waals surface area contributed by atoms with Gasteiger partial charge in [0.25, 0.3) is 0 Å². The van der Waals surface area contributed by atoms with Crippen molar-refractivity contribution in [2.24, 2.45) is 16.8 Å². The average molecular weight is 436 g/mol. The van der Waals surface area contributed by atoms with Gasteiger partial charge in [-0.05, 0) is 70.4 Å². The minimum absolute atomic E-state index is 0. The Balaban J connectivity index is 0.00000264. The highest BCUT2D eigenvalue weighted by Gasteiger charge is 2.20. The number of nitrogens with one attached hydrogen (secondary N) is 2. The monoisotopic (exact) mass is 436 g/mol. The highest BCUT2D eigenvalue weighted by molar-refractivity contribution is 14.0. The molecular weight excluding hydrogens is 399 g/mol. The van der Waals surface area contributed by atoms with Crippen molar-refractivity contribution in [1.82, 2.24) is 15.5 Å². The fourth-order valence-corrected chi connectivity index (χ4v) is 3.73. The summed E-state index contributed by atoms with van der Waals surface area (Å²) in [6, 6.07) is 0.618. The molecule has 136 valence electrons. The molecule has 4 nitrogen and oxygen atoms in total. The second-order valence-corrected chi connectivity index (χ2v) is 7.22. The minimum Gasteiger partial charge on any atom is -0.357 e. The maximum atomic E-state index is 4.89. The Hall–Kier alpha value is -0.0400. The molecule has 0 aromatic heterocycles. The van der Waals surface area contributed by atoms with Gasteiger partial charge in [0.15, 0.2) is 5.96 Å². The Bertz CT molecular complexity index is 340. The highest BCUT2D eigenvalue weighted by atomic mass is 127. The van der Waals surface area contributed by atoms with Crippen molar-refractivity contribution in [3.8, 4) is 0 Å². The van der Waals surface area contributed by atoms with Gasteiger partial charge in [0.05, 0.1) is 0 Å². The molecule has 1 saturated heterocycles. The predicted octanol–water partition coefficient (Wildman–Crippen LogP) is 3.47. The van der Waals surface area contributed by atoms with E-state index in [1.165, 1.54) is 58.2 Å². The molecule has 1 aliphatic carbocycles. The predicted molar refractivity (Wildman–Crippen MR) is 111 cm³/mol. The SMILES string of the molecule is CCNC(=NCC1CCCN(CC)C1)NC1CCC(C)CC1.I. The van der Waals surface area contributed by atoms with Crippen molar-refractivity contribution in [2.45, 2.75) is 65.3 Å². The van der Waals surface area contributed by atoms with Gasteiger partial charge >= 0.3 is 0 Å². The quantitative estimate of drug-likeness (QED) is 0.394. The lowest BCUT2D eigenvalue weighted by Gasteiger charge is -2.31. The fraction of sp³-hybridized carbons (Fsp3) is 0.944. The van der Waals surface area contributed by atoms with Crippen molar-refractivity contribution >= 4 is 29.9 Å². The molecule has 0 amide bonds. The van der Waals surface area contributed by atoms with Gasteiger partial charge < -0.3 is 15.5 Å². The van der Waals surface area contributed by atoms with Gasteiger partial charge in [0, 0.05) is 25.7 Å². The number of hydrogen-bond acceptors (Lipinski definition) is 2. The molecule has 1 heterocycles. The largest absolute Gasteiger partial charge is 0.357 e. The number of rotatable bonds is 5. The first-order valence-electron chi connectivity index (χ1n) is 9.48. The molecule has 2 N–H and O–H groups in total. The van der Waals surface area contributed by atoms with E-state index in [1.54, 1.807) is 0 Å². The zero-order chi connectivity index (χ0) is 15.8. The highest BCUT2D eigenvalue weighted by Crippen LogP contribution is 2.23. The molecule has 0 aromatic rings. The van der Waals surface area contributed by atoms with Crippen LogP contribution in [0.2, 0.25) is 0 Å². The summed E-state index contributed by atoms with van der Waals surface area (Å²) in [5.41, 5.74) is 0. The van der Waals surface area contributed by atoms with Crippen LogP contribution in [0.25, 0.3) is 0 Å². The zero-order valence-corrected chi connectivity index (χ0v) is 17.6. The third kappa shape index (κ3) is 7.59. The van der Waals surface area contributed by atoms with Gasteiger partial charge in [-0.25, -0.2) is 0 Å². The van der Waals surface area contributed by atoms with Gasteiger partial charge in [0.2, 0.25) is 0 Å². The van der Waals surface area contributed by atoms with Crippen LogP contribution < -0.4 is 10.6 Å². The number of aliphatic imine (C=N–C) groups is 1. The van der Waals surface area contributed by atoms with E-state index in [-0.39, 0.29) is 24.0 Å². The second-order valence-electron chi connectivity index (χ2n) is 7.22. The van der Waals surface area contributed by atoms with Crippen molar-refractivity contribution in [2.75, 3.05) is 32.7 Å². The van der Waals surface area contributed by atoms with Crippen LogP contribution in [-0.4, -0.2) is 49.6 Å². The van der Waals surface area contributed by atoms with Crippen molar-refractivity contribution in [1.29, 1.82) is 0 Å². The van der Waals surface area contributed by atoms with E-state index in [1.807, 2.05) is 0 Å². The molecule has 0 aromatic carbocycles. The standard InChI is InChI=1S/C18H36N4.HI/c1-4-19-18(21-17-10-8-15(3)9-11-17)20-13-16-7-6-12-22(5-2)14-16;/h15-17H,4-14H2,1-3H3,(H2,19,20,21);1H. The molecule has 1 atom stereocenters. The molecule has 1 saturated carbocycles. The third-order valence-corrected chi connectivity index (χ3v) is 5.26. The first-order valence-corrected chi connectivity index (χ1v) is 9.48. The third-order valence-electron chi connectivity index (χ3n) is 5.26. The maximum absolute atomic E-state index is 4.89. The van der Waals surface area contributed by atoms with Gasteiger partial charge in [-0.1, -0.05) is 13.8 Å². The Kier molecular flexibility index (Phi) is 10.5. The van der Waals surface area contributed by atoms with Crippen LogP contribution in [0, 0.1) is 11.8 Å². The molecular formula is C18H37IN4. The van der Waals surface area contributed by atoms with Crippen LogP contribution in [0.4, 0.5) is 0 Å². The summed E-state index contributed by atoms with van der Waals surface area (Å²) in [7, 11) is 0. The first kappa shape index (κ1) is 21.0. The van der Waals surface area contributed by atoms with Crippen molar-refractivity contribution < 1.29 is 0 Å². The van der Waals surface area contributed by atoms with E-state index < -0.39 is 0 Å². The summed E-state index contributed by atoms with van der Waals surface area (Å²) in [5, 5.41) is 7.10. The van der Waals surface area contributed by atoms with E-state index in [4.69, 9.17) is 4.99 Å². The molecule has 23 heavy (non-hydrogen) atoms. The molecule has 2 rings (SSSR count). The van der Waals surface area contributed by atoms with Gasteiger partial charge in [-0.2, -0.15) is 0 Å². The molecule has 5 heteroatoms. The number of halogens is 1. The number of hydrogen-bond donors (Lipinski definition) is 2. The molecule has 0 radical (unpaired) electrons. The number of likely N-dealkylation sites (tertiary alicyclic amines) is 1. The normalized spacial score (nSPS) is 29.7. The fourth-order valence-electron chi connectivity index (χ4n) is 3.73. The number of piperidine rings is 1. The Morgan fingerprint density at radius 1 is 1.13 bits per heavy atom. The van der Waals surface area contributed by atoms with E-state index >= 15 is 0 Å². The summed E-state index contributed by atoms with van der Waals surface area (Å²) < 4.78 is 0. The summed E-state index contributed by atoms with van der Waals surface area (Å²) >= 11 is 0. The number of nitrogens with zero attached hydrogens (tertiary/aromatic N) is 2. The minimum atomic E-state index is 0. The molecule has 1 aliphatic heterocycles. The summed E-state index contributed by atoms with van der Waals surface area (Å²) in [5.74, 6) is 2.67. The van der Waals surface area contributed by atoms with Gasteiger partial charge in [0.1, 0.15) is 0 Å². The van der Waals surface area contributed by atoms with E-state index in [0.29, 0.717) is 6.04 Å². The van der Waals surface area contributed by atoms with E-state index in [9.17, 15) is 0 Å². The van der Waals surface area contributed by atoms with Crippen LogP contribution in [0.1, 0.15) is 59.3 Å². The molecule has 2 fully saturated rings. The molecule has 0 bridgehead atoms. The van der Waals surface area contributed by atoms with Crippen molar-refractivity contribution in [3.63, 3.8) is 0 Å². The Morgan fingerprint density at radius 2 is 1.87 bits per heavy atom. The smallest absolute Gasteiger partial charge is 0.191 e. The maximum Gasteiger partial charge on any atom is 0.191 e. The van der Waals surface area contributed by atoms with Crippen LogP contribution in [0.3, 0.4) is 0 Å². The lowest BCUT2D eigenvalue weighted by atomic mass is 9.87. The van der Waals surface area contributed by atoms with Gasteiger partial charge in [-0.3, -0.25) is 4.99 Å². The lowest BCUT2D eigenvalue weighted by Crippen LogP contribution is -2.45. The summed E-state index contributed by atoms with van der Waals surface area (Å²) in [4.78, 5) is 7.45. The van der Waals surface area contributed by atoms with Crippen LogP contribution in [-0.2, 0) is 0 Å². The molecule has 1 unspecified atom stereocenters. The lowest BCUT2D eigenvalue weighted by molar-refractivity contribution is 0.186. The second kappa shape index (κ2) is 11.5. The molecule has 2 aliphatic rings. The van der Waals surface area contributed by atoms with Crippen LogP contribution >= 0.6 is 24.0 Å². The van der Waals surface area contributed by atoms with Gasteiger partial charge in [-0.15, -0.1) is 24.0 Å². The Labute approximate surface area is 160 Å². The topological polar surface area (TPSA) is 39.7 Å². The van der Waals surface area contributed by atoms with Crippen LogP contribution in [0.5, 0.6) is 0 Å². The van der Waals surface area contributed by atoms with E-state index in [0.717, 1.165) is 30.9 Å².